The number of imide groups is 1. The summed E-state index contributed by atoms with van der Waals surface area (Å²) in [7, 11) is 4.22. The van der Waals surface area contributed by atoms with Crippen molar-refractivity contribution in [3.8, 4) is 11.5 Å². The Labute approximate surface area is 157 Å². The van der Waals surface area contributed by atoms with Crippen LogP contribution >= 0.6 is 27.7 Å². The molecular formula is C16H16BrNO6S. The van der Waals surface area contributed by atoms with Gasteiger partial charge in [0.05, 0.1) is 30.7 Å². The molecule has 1 aromatic carbocycles. The number of carbonyl (C=O) groups is 3. The molecule has 1 unspecified atom stereocenters. The van der Waals surface area contributed by atoms with E-state index in [1.54, 1.807) is 18.2 Å². The SMILES string of the molecule is COC(=O)C(C)N1C(=O)S/C(=C\c2cc(Br)c(OC)c(OC)c2)C1=O. The standard InChI is InChI=1S/C16H16BrNO6S/c1-8(15(20)24-4)18-14(19)12(25-16(18)21)7-9-5-10(17)13(23-3)11(6-9)22-2/h5-8H,1-4H3/b12-7-. The van der Waals surface area contributed by atoms with Gasteiger partial charge in [-0.15, -0.1) is 0 Å². The Balaban J connectivity index is 2.37. The highest BCUT2D eigenvalue weighted by molar-refractivity contribution is 9.10. The van der Waals surface area contributed by atoms with E-state index in [1.165, 1.54) is 28.3 Å². The smallest absolute Gasteiger partial charge is 0.328 e. The van der Waals surface area contributed by atoms with Crippen LogP contribution in [0.4, 0.5) is 4.79 Å². The molecule has 0 aliphatic carbocycles. The molecule has 0 spiro atoms. The van der Waals surface area contributed by atoms with Gasteiger partial charge in [0, 0.05) is 0 Å². The third kappa shape index (κ3) is 3.82. The first-order valence-corrected chi connectivity index (χ1v) is 8.71. The Morgan fingerprint density at radius 2 is 1.92 bits per heavy atom. The summed E-state index contributed by atoms with van der Waals surface area (Å²) in [6, 6.07) is 2.43. The van der Waals surface area contributed by atoms with Crippen molar-refractivity contribution < 1.29 is 28.6 Å². The second-order valence-electron chi connectivity index (χ2n) is 4.99. The van der Waals surface area contributed by atoms with Gasteiger partial charge in [0.2, 0.25) is 0 Å². The highest BCUT2D eigenvalue weighted by Gasteiger charge is 2.41. The summed E-state index contributed by atoms with van der Waals surface area (Å²) in [4.78, 5) is 37.3. The van der Waals surface area contributed by atoms with Gasteiger partial charge in [-0.1, -0.05) is 0 Å². The van der Waals surface area contributed by atoms with Crippen LogP contribution in [0, 0.1) is 0 Å². The summed E-state index contributed by atoms with van der Waals surface area (Å²) in [5, 5.41) is -0.520. The average molecular weight is 430 g/mol. The molecule has 2 amide bonds. The molecular weight excluding hydrogens is 414 g/mol. The number of benzene rings is 1. The van der Waals surface area contributed by atoms with E-state index < -0.39 is 23.2 Å². The van der Waals surface area contributed by atoms with E-state index in [0.717, 1.165) is 16.7 Å². The Morgan fingerprint density at radius 1 is 1.24 bits per heavy atom. The van der Waals surface area contributed by atoms with Crippen LogP contribution < -0.4 is 9.47 Å². The van der Waals surface area contributed by atoms with E-state index in [9.17, 15) is 14.4 Å². The van der Waals surface area contributed by atoms with Crippen LogP contribution in [0.2, 0.25) is 0 Å². The Kier molecular flexibility index (Phi) is 6.12. The number of hydrogen-bond acceptors (Lipinski definition) is 7. The molecule has 134 valence electrons. The second-order valence-corrected chi connectivity index (χ2v) is 6.84. The molecule has 9 heteroatoms. The molecule has 0 radical (unpaired) electrons. The Hall–Kier alpha value is -2.00. The molecule has 1 aliphatic heterocycles. The minimum atomic E-state index is -0.986. The van der Waals surface area contributed by atoms with Crippen LogP contribution in [-0.2, 0) is 14.3 Å². The molecule has 1 heterocycles. The van der Waals surface area contributed by atoms with E-state index in [-0.39, 0.29) is 4.91 Å². The van der Waals surface area contributed by atoms with Gasteiger partial charge < -0.3 is 14.2 Å². The van der Waals surface area contributed by atoms with Crippen molar-refractivity contribution in [2.45, 2.75) is 13.0 Å². The minimum Gasteiger partial charge on any atom is -0.493 e. The van der Waals surface area contributed by atoms with Crippen LogP contribution in [0.1, 0.15) is 12.5 Å². The van der Waals surface area contributed by atoms with Crippen LogP contribution in [0.25, 0.3) is 6.08 Å². The molecule has 1 aromatic rings. The minimum absolute atomic E-state index is 0.208. The van der Waals surface area contributed by atoms with Crippen LogP contribution in [0.15, 0.2) is 21.5 Å². The number of carbonyl (C=O) groups excluding carboxylic acids is 3. The van der Waals surface area contributed by atoms with Gasteiger partial charge in [-0.25, -0.2) is 4.79 Å². The Morgan fingerprint density at radius 3 is 2.48 bits per heavy atom. The van der Waals surface area contributed by atoms with Crippen LogP contribution in [0.5, 0.6) is 11.5 Å². The Bertz CT molecular complexity index is 763. The molecule has 0 saturated carbocycles. The highest BCUT2D eigenvalue weighted by Crippen LogP contribution is 2.39. The first-order valence-electron chi connectivity index (χ1n) is 7.10. The summed E-state index contributed by atoms with van der Waals surface area (Å²) < 4.78 is 15.7. The van der Waals surface area contributed by atoms with Crippen molar-refractivity contribution in [3.63, 3.8) is 0 Å². The maximum absolute atomic E-state index is 12.5. The van der Waals surface area contributed by atoms with Crippen molar-refractivity contribution >= 4 is 50.9 Å². The van der Waals surface area contributed by atoms with E-state index in [1.807, 2.05) is 0 Å². The van der Waals surface area contributed by atoms with Gasteiger partial charge >= 0.3 is 5.97 Å². The maximum atomic E-state index is 12.5. The van der Waals surface area contributed by atoms with Gasteiger partial charge in [0.15, 0.2) is 11.5 Å². The molecule has 0 N–H and O–H groups in total. The van der Waals surface area contributed by atoms with Gasteiger partial charge in [-0.3, -0.25) is 14.5 Å². The monoisotopic (exact) mass is 429 g/mol. The molecule has 25 heavy (non-hydrogen) atoms. The normalized spacial score (nSPS) is 17.0. The van der Waals surface area contributed by atoms with Crippen molar-refractivity contribution in [1.29, 1.82) is 0 Å². The predicted octanol–water partition coefficient (Wildman–Crippen LogP) is 3.06. The lowest BCUT2D eigenvalue weighted by molar-refractivity contribution is -0.148. The number of hydrogen-bond donors (Lipinski definition) is 0. The van der Waals surface area contributed by atoms with E-state index in [2.05, 4.69) is 20.7 Å². The lowest BCUT2D eigenvalue weighted by Gasteiger charge is -2.18. The molecule has 1 aliphatic rings. The summed E-state index contributed by atoms with van der Waals surface area (Å²) in [6.07, 6.45) is 1.56. The fourth-order valence-corrected chi connectivity index (χ4v) is 3.79. The average Bonchev–Trinajstić information content (AvgIpc) is 2.86. The van der Waals surface area contributed by atoms with E-state index in [4.69, 9.17) is 9.47 Å². The molecule has 0 aromatic heterocycles. The maximum Gasteiger partial charge on any atom is 0.328 e. The molecule has 0 bridgehead atoms. The van der Waals surface area contributed by atoms with Crippen LogP contribution in [0.3, 0.4) is 0 Å². The number of ether oxygens (including phenoxy) is 3. The molecule has 2 rings (SSSR count). The number of thioether (sulfide) groups is 1. The zero-order valence-electron chi connectivity index (χ0n) is 14.0. The number of esters is 1. The molecule has 1 saturated heterocycles. The fourth-order valence-electron chi connectivity index (χ4n) is 2.26. The predicted molar refractivity (Wildman–Crippen MR) is 96.5 cm³/mol. The molecule has 7 nitrogen and oxygen atoms in total. The number of amides is 2. The van der Waals surface area contributed by atoms with Gasteiger partial charge in [0.25, 0.3) is 11.1 Å². The first kappa shape index (κ1) is 19.3. The number of methoxy groups -OCH3 is 3. The largest absolute Gasteiger partial charge is 0.493 e. The third-order valence-electron chi connectivity index (χ3n) is 3.51. The topological polar surface area (TPSA) is 82.1 Å². The van der Waals surface area contributed by atoms with Crippen molar-refractivity contribution in [3.05, 3.63) is 27.1 Å². The van der Waals surface area contributed by atoms with E-state index in [0.29, 0.717) is 21.5 Å². The molecule has 1 fully saturated rings. The summed E-state index contributed by atoms with van der Waals surface area (Å²) in [6.45, 7) is 1.44. The van der Waals surface area contributed by atoms with Crippen LogP contribution in [-0.4, -0.2) is 49.4 Å². The van der Waals surface area contributed by atoms with Crippen molar-refractivity contribution in [2.75, 3.05) is 21.3 Å². The van der Waals surface area contributed by atoms with Gasteiger partial charge in [-0.2, -0.15) is 0 Å². The summed E-state index contributed by atoms with van der Waals surface area (Å²) >= 11 is 4.14. The number of rotatable bonds is 5. The summed E-state index contributed by atoms with van der Waals surface area (Å²) in [5.74, 6) is -0.200. The quantitative estimate of drug-likeness (QED) is 0.525. The first-order chi connectivity index (χ1) is 11.8. The molecule has 1 atom stereocenters. The van der Waals surface area contributed by atoms with Gasteiger partial charge in [-0.05, 0) is 58.4 Å². The second kappa shape index (κ2) is 7.92. The zero-order valence-corrected chi connectivity index (χ0v) is 16.4. The van der Waals surface area contributed by atoms with E-state index >= 15 is 0 Å². The fraction of sp³-hybridized carbons (Fsp3) is 0.312. The zero-order chi connectivity index (χ0) is 18.7. The number of halogens is 1. The lowest BCUT2D eigenvalue weighted by Crippen LogP contribution is -2.42. The number of nitrogens with zero attached hydrogens (tertiary/aromatic N) is 1. The summed E-state index contributed by atoms with van der Waals surface area (Å²) in [5.41, 5.74) is 0.640. The highest BCUT2D eigenvalue weighted by atomic mass is 79.9. The van der Waals surface area contributed by atoms with Gasteiger partial charge in [0.1, 0.15) is 6.04 Å². The lowest BCUT2D eigenvalue weighted by atomic mass is 10.1. The third-order valence-corrected chi connectivity index (χ3v) is 4.98. The van der Waals surface area contributed by atoms with Crippen molar-refractivity contribution in [2.24, 2.45) is 0 Å². The van der Waals surface area contributed by atoms with Crippen molar-refractivity contribution in [1.82, 2.24) is 4.90 Å².